The molecule has 106 valence electrons. The second-order valence-corrected chi connectivity index (χ2v) is 6.55. The summed E-state index contributed by atoms with van der Waals surface area (Å²) in [5, 5.41) is 12.2. The van der Waals surface area contributed by atoms with Crippen LogP contribution >= 0.6 is 0 Å². The highest BCUT2D eigenvalue weighted by molar-refractivity contribution is 5.34. The summed E-state index contributed by atoms with van der Waals surface area (Å²) in [6.45, 7) is 7.91. The Morgan fingerprint density at radius 1 is 1.20 bits per heavy atom. The van der Waals surface area contributed by atoms with Crippen molar-refractivity contribution in [2.45, 2.75) is 39.2 Å². The monoisotopic (exact) mass is 270 g/mol. The van der Waals surface area contributed by atoms with Crippen molar-refractivity contribution in [3.63, 3.8) is 0 Å². The van der Waals surface area contributed by atoms with Gasteiger partial charge in [0.15, 0.2) is 0 Å². The first kappa shape index (κ1) is 13.3. The summed E-state index contributed by atoms with van der Waals surface area (Å²) < 4.78 is 1.98. The Labute approximate surface area is 120 Å². The molecule has 1 unspecified atom stereocenters. The van der Waals surface area contributed by atoms with Gasteiger partial charge < -0.3 is 5.32 Å². The van der Waals surface area contributed by atoms with Gasteiger partial charge in [-0.15, -0.1) is 5.10 Å². The molecule has 0 bridgehead atoms. The van der Waals surface area contributed by atoms with Gasteiger partial charge in [-0.3, -0.25) is 0 Å². The number of hydrogen-bond donors (Lipinski definition) is 1. The van der Waals surface area contributed by atoms with Crippen LogP contribution in [0.4, 0.5) is 0 Å². The quantitative estimate of drug-likeness (QED) is 0.912. The second kappa shape index (κ2) is 4.70. The van der Waals surface area contributed by atoms with Gasteiger partial charge in [0.25, 0.3) is 0 Å². The highest BCUT2D eigenvalue weighted by Crippen LogP contribution is 2.45. The molecule has 1 atom stereocenters. The van der Waals surface area contributed by atoms with Crippen molar-refractivity contribution in [2.24, 2.45) is 5.41 Å². The predicted octanol–water partition coefficient (Wildman–Crippen LogP) is 2.89. The van der Waals surface area contributed by atoms with Crippen LogP contribution in [0.2, 0.25) is 0 Å². The van der Waals surface area contributed by atoms with Crippen LogP contribution in [-0.4, -0.2) is 21.5 Å². The number of aromatic nitrogens is 3. The van der Waals surface area contributed by atoms with E-state index in [9.17, 15) is 0 Å². The minimum Gasteiger partial charge on any atom is -0.306 e. The van der Waals surface area contributed by atoms with Crippen molar-refractivity contribution in [3.05, 3.63) is 42.2 Å². The second-order valence-electron chi connectivity index (χ2n) is 6.55. The van der Waals surface area contributed by atoms with Gasteiger partial charge in [0.1, 0.15) is 0 Å². The lowest BCUT2D eigenvalue weighted by Crippen LogP contribution is -2.49. The Hall–Kier alpha value is -1.68. The van der Waals surface area contributed by atoms with Crippen LogP contribution in [0.25, 0.3) is 5.69 Å². The summed E-state index contributed by atoms with van der Waals surface area (Å²) in [6, 6.07) is 10.2. The average Bonchev–Trinajstić information content (AvgIpc) is 3.08. The van der Waals surface area contributed by atoms with Crippen LogP contribution in [0.3, 0.4) is 0 Å². The van der Waals surface area contributed by atoms with Gasteiger partial charge in [-0.05, 0) is 36.9 Å². The van der Waals surface area contributed by atoms with Crippen molar-refractivity contribution >= 4 is 0 Å². The van der Waals surface area contributed by atoms with E-state index in [2.05, 4.69) is 48.5 Å². The molecule has 1 aromatic heterocycles. The maximum atomic E-state index is 4.32. The Kier molecular flexibility index (Phi) is 3.13. The molecule has 2 aromatic rings. The minimum absolute atomic E-state index is 0.0632. The summed E-state index contributed by atoms with van der Waals surface area (Å²) in [6.07, 6.45) is 4.23. The van der Waals surface area contributed by atoms with Crippen molar-refractivity contribution in [2.75, 3.05) is 6.54 Å². The van der Waals surface area contributed by atoms with Crippen molar-refractivity contribution in [3.8, 4) is 5.69 Å². The Morgan fingerprint density at radius 2 is 1.95 bits per heavy atom. The van der Waals surface area contributed by atoms with Gasteiger partial charge in [-0.1, -0.05) is 44.2 Å². The summed E-state index contributed by atoms with van der Waals surface area (Å²) in [5.41, 5.74) is 2.27. The zero-order valence-electron chi connectivity index (χ0n) is 12.4. The molecular formula is C16H22N4. The van der Waals surface area contributed by atoms with E-state index in [0.29, 0.717) is 0 Å². The largest absolute Gasteiger partial charge is 0.306 e. The minimum atomic E-state index is -0.0632. The zero-order chi connectivity index (χ0) is 14.2. The molecule has 0 saturated carbocycles. The molecule has 1 aliphatic heterocycles. The van der Waals surface area contributed by atoms with Crippen LogP contribution < -0.4 is 5.32 Å². The van der Waals surface area contributed by atoms with Gasteiger partial charge >= 0.3 is 0 Å². The fourth-order valence-electron chi connectivity index (χ4n) is 3.27. The fraction of sp³-hybridized carbons (Fsp3) is 0.500. The molecule has 0 aliphatic carbocycles. The van der Waals surface area contributed by atoms with Crippen LogP contribution in [-0.2, 0) is 5.54 Å². The first-order valence-electron chi connectivity index (χ1n) is 7.26. The zero-order valence-corrected chi connectivity index (χ0v) is 12.4. The summed E-state index contributed by atoms with van der Waals surface area (Å²) in [4.78, 5) is 0. The highest BCUT2D eigenvalue weighted by Gasteiger charge is 2.47. The number of rotatable bonds is 2. The maximum Gasteiger partial charge on any atom is 0.0851 e. The van der Waals surface area contributed by atoms with Crippen LogP contribution in [0.5, 0.6) is 0 Å². The van der Waals surface area contributed by atoms with E-state index in [1.54, 1.807) is 0 Å². The fourth-order valence-corrected chi connectivity index (χ4v) is 3.27. The molecule has 1 fully saturated rings. The lowest BCUT2D eigenvalue weighted by atomic mass is 9.70. The smallest absolute Gasteiger partial charge is 0.0851 e. The van der Waals surface area contributed by atoms with Gasteiger partial charge in [-0.2, -0.15) is 0 Å². The van der Waals surface area contributed by atoms with Crippen LogP contribution in [0.15, 0.2) is 36.5 Å². The van der Waals surface area contributed by atoms with Gasteiger partial charge in [-0.25, -0.2) is 4.68 Å². The van der Waals surface area contributed by atoms with E-state index in [4.69, 9.17) is 0 Å². The van der Waals surface area contributed by atoms with E-state index in [1.165, 1.54) is 6.42 Å². The summed E-state index contributed by atoms with van der Waals surface area (Å²) >= 11 is 0. The average molecular weight is 270 g/mol. The molecule has 2 heterocycles. The lowest BCUT2D eigenvalue weighted by molar-refractivity contribution is 0.152. The molecule has 1 aliphatic rings. The van der Waals surface area contributed by atoms with Crippen molar-refractivity contribution in [1.82, 2.24) is 20.3 Å². The van der Waals surface area contributed by atoms with E-state index in [1.807, 2.05) is 29.1 Å². The van der Waals surface area contributed by atoms with Crippen molar-refractivity contribution < 1.29 is 0 Å². The molecular weight excluding hydrogens is 248 g/mol. The standard InChI is InChI=1S/C16H22N4/c1-15(2,3)16(10-7-11-17-16)14-12-18-19-20(14)13-8-5-4-6-9-13/h4-6,8-9,12,17H,7,10-11H2,1-3H3. The molecule has 1 N–H and O–H groups in total. The summed E-state index contributed by atoms with van der Waals surface area (Å²) in [7, 11) is 0. The number of nitrogens with one attached hydrogen (secondary N) is 1. The lowest BCUT2D eigenvalue weighted by Gasteiger charge is -2.42. The number of para-hydroxylation sites is 1. The molecule has 1 aromatic carbocycles. The predicted molar refractivity (Wildman–Crippen MR) is 79.7 cm³/mol. The third-order valence-corrected chi connectivity index (χ3v) is 4.42. The first-order chi connectivity index (χ1) is 9.55. The topological polar surface area (TPSA) is 42.7 Å². The highest BCUT2D eigenvalue weighted by atomic mass is 15.4. The number of hydrogen-bond acceptors (Lipinski definition) is 3. The Balaban J connectivity index is 2.13. The molecule has 0 radical (unpaired) electrons. The SMILES string of the molecule is CC(C)(C)C1(c2cnnn2-c2ccccc2)CCCN1. The van der Waals surface area contributed by atoms with Gasteiger partial charge in [0.2, 0.25) is 0 Å². The van der Waals surface area contributed by atoms with E-state index in [0.717, 1.165) is 24.3 Å². The van der Waals surface area contributed by atoms with E-state index < -0.39 is 0 Å². The third kappa shape index (κ3) is 1.95. The normalized spacial score (nSPS) is 23.1. The van der Waals surface area contributed by atoms with Gasteiger partial charge in [0, 0.05) is 0 Å². The molecule has 0 spiro atoms. The Bertz CT molecular complexity index is 574. The summed E-state index contributed by atoms with van der Waals surface area (Å²) in [5.74, 6) is 0. The molecule has 4 heteroatoms. The first-order valence-corrected chi connectivity index (χ1v) is 7.26. The maximum absolute atomic E-state index is 4.32. The molecule has 0 amide bonds. The molecule has 4 nitrogen and oxygen atoms in total. The number of nitrogens with zero attached hydrogens (tertiary/aromatic N) is 3. The molecule has 20 heavy (non-hydrogen) atoms. The number of benzene rings is 1. The van der Waals surface area contributed by atoms with Crippen molar-refractivity contribution in [1.29, 1.82) is 0 Å². The van der Waals surface area contributed by atoms with Gasteiger partial charge in [0.05, 0.1) is 23.1 Å². The Morgan fingerprint density at radius 3 is 2.55 bits per heavy atom. The van der Waals surface area contributed by atoms with Crippen LogP contribution in [0.1, 0.15) is 39.3 Å². The van der Waals surface area contributed by atoms with E-state index >= 15 is 0 Å². The third-order valence-electron chi connectivity index (χ3n) is 4.42. The molecule has 3 rings (SSSR count). The van der Waals surface area contributed by atoms with E-state index in [-0.39, 0.29) is 11.0 Å². The van der Waals surface area contributed by atoms with Crippen LogP contribution in [0, 0.1) is 5.41 Å². The molecule has 1 saturated heterocycles.